The molecule has 0 N–H and O–H groups in total. The van der Waals surface area contributed by atoms with Crippen molar-refractivity contribution in [2.45, 2.75) is 26.7 Å². The van der Waals surface area contributed by atoms with Gasteiger partial charge in [0.05, 0.1) is 12.5 Å². The lowest BCUT2D eigenvalue weighted by molar-refractivity contribution is 1.22. The van der Waals surface area contributed by atoms with Crippen LogP contribution in [0.1, 0.15) is 31.4 Å². The van der Waals surface area contributed by atoms with Gasteiger partial charge >= 0.3 is 0 Å². The average molecular weight is 211 g/mol. The Hall–Kier alpha value is -1.81. The molecule has 0 radical (unpaired) electrons. The zero-order valence-corrected chi connectivity index (χ0v) is 9.90. The van der Waals surface area contributed by atoms with Crippen LogP contribution >= 0.6 is 0 Å². The molecule has 16 heavy (non-hydrogen) atoms. The minimum Gasteiger partial charge on any atom is -0.198 e. The molecule has 0 aliphatic heterocycles. The average Bonchev–Trinajstić information content (AvgIpc) is 2.30. The summed E-state index contributed by atoms with van der Waals surface area (Å²) in [6, 6.07) is 10.3. The van der Waals surface area contributed by atoms with Crippen LogP contribution in [0.3, 0.4) is 0 Å². The van der Waals surface area contributed by atoms with Crippen LogP contribution < -0.4 is 0 Å². The number of rotatable bonds is 4. The highest BCUT2D eigenvalue weighted by Crippen LogP contribution is 2.17. The van der Waals surface area contributed by atoms with Crippen LogP contribution in [0.4, 0.5) is 0 Å². The predicted molar refractivity (Wildman–Crippen MR) is 68.8 cm³/mol. The highest BCUT2D eigenvalue weighted by Gasteiger charge is 1.97. The van der Waals surface area contributed by atoms with Gasteiger partial charge in [0, 0.05) is 0 Å². The van der Waals surface area contributed by atoms with E-state index in [9.17, 15) is 0 Å². The number of hydrogen-bond donors (Lipinski definition) is 0. The minimum atomic E-state index is 0.483. The van der Waals surface area contributed by atoms with E-state index in [0.717, 1.165) is 12.0 Å². The summed E-state index contributed by atoms with van der Waals surface area (Å²) in [4.78, 5) is 0. The van der Waals surface area contributed by atoms with Gasteiger partial charge in [-0.3, -0.25) is 0 Å². The molecule has 0 saturated heterocycles. The Kier molecular flexibility index (Phi) is 5.08. The Bertz CT molecular complexity index is 416. The molecule has 1 rings (SSSR count). The van der Waals surface area contributed by atoms with E-state index in [1.807, 2.05) is 25.1 Å². The fourth-order valence-corrected chi connectivity index (χ4v) is 1.59. The Labute approximate surface area is 97.7 Å². The summed E-state index contributed by atoms with van der Waals surface area (Å²) in [7, 11) is 0. The molecule has 0 aromatic heterocycles. The zero-order valence-electron chi connectivity index (χ0n) is 9.90. The number of nitriles is 1. The molecular weight excluding hydrogens is 194 g/mol. The van der Waals surface area contributed by atoms with Gasteiger partial charge in [0.1, 0.15) is 0 Å². The second kappa shape index (κ2) is 6.63. The van der Waals surface area contributed by atoms with E-state index in [-0.39, 0.29) is 0 Å². The molecule has 0 aliphatic carbocycles. The van der Waals surface area contributed by atoms with Crippen LogP contribution in [-0.4, -0.2) is 0 Å². The molecule has 0 unspecified atom stereocenters. The van der Waals surface area contributed by atoms with Gasteiger partial charge in [-0.2, -0.15) is 5.26 Å². The van der Waals surface area contributed by atoms with Gasteiger partial charge in [0.25, 0.3) is 0 Å². The second-order valence-electron chi connectivity index (χ2n) is 3.60. The Morgan fingerprint density at radius 2 is 2.00 bits per heavy atom. The Morgan fingerprint density at radius 3 is 2.50 bits per heavy atom. The highest BCUT2D eigenvalue weighted by atomic mass is 14.2. The summed E-state index contributed by atoms with van der Waals surface area (Å²) < 4.78 is 0. The van der Waals surface area contributed by atoms with E-state index in [0.29, 0.717) is 6.42 Å². The fraction of sp³-hybridized carbons (Fsp3) is 0.267. The maximum Gasteiger partial charge on any atom is 0.0669 e. The summed E-state index contributed by atoms with van der Waals surface area (Å²) in [5, 5.41) is 8.59. The lowest BCUT2D eigenvalue weighted by Gasteiger charge is -2.03. The number of nitrogens with zero attached hydrogens (tertiary/aromatic N) is 1. The van der Waals surface area contributed by atoms with Crippen LogP contribution in [0.25, 0.3) is 5.57 Å². The van der Waals surface area contributed by atoms with Gasteiger partial charge in [-0.05, 0) is 30.0 Å². The molecule has 0 fully saturated rings. The normalized spacial score (nSPS) is 11.7. The van der Waals surface area contributed by atoms with Crippen molar-refractivity contribution in [3.8, 4) is 6.07 Å². The molecule has 0 spiro atoms. The van der Waals surface area contributed by atoms with Crippen molar-refractivity contribution in [2.24, 2.45) is 0 Å². The summed E-state index contributed by atoms with van der Waals surface area (Å²) >= 11 is 0. The third kappa shape index (κ3) is 3.40. The summed E-state index contributed by atoms with van der Waals surface area (Å²) in [5.74, 6) is 0. The summed E-state index contributed by atoms with van der Waals surface area (Å²) in [6.45, 7) is 4.15. The quantitative estimate of drug-likeness (QED) is 0.687. The van der Waals surface area contributed by atoms with Crippen LogP contribution in [0.15, 0.2) is 42.5 Å². The van der Waals surface area contributed by atoms with E-state index in [1.54, 1.807) is 0 Å². The molecule has 1 nitrogen and oxygen atoms in total. The topological polar surface area (TPSA) is 23.8 Å². The smallest absolute Gasteiger partial charge is 0.0669 e. The first kappa shape index (κ1) is 12.3. The molecule has 1 heteroatoms. The number of hydrogen-bond acceptors (Lipinski definition) is 1. The maximum atomic E-state index is 8.59. The van der Waals surface area contributed by atoms with Gasteiger partial charge in [0.15, 0.2) is 0 Å². The molecular formula is C15H17N. The fourth-order valence-electron chi connectivity index (χ4n) is 1.59. The number of benzene rings is 1. The third-order valence-corrected chi connectivity index (χ3v) is 2.34. The molecule has 1 aromatic rings. The van der Waals surface area contributed by atoms with Crippen molar-refractivity contribution in [3.63, 3.8) is 0 Å². The molecule has 0 bridgehead atoms. The Balaban J connectivity index is 2.95. The first-order valence-corrected chi connectivity index (χ1v) is 5.61. The van der Waals surface area contributed by atoms with E-state index in [2.05, 4.69) is 37.3 Å². The number of allylic oxidation sites excluding steroid dienone is 4. The highest BCUT2D eigenvalue weighted by molar-refractivity contribution is 5.73. The third-order valence-electron chi connectivity index (χ3n) is 2.34. The second-order valence-corrected chi connectivity index (χ2v) is 3.60. The molecule has 1 aromatic carbocycles. The maximum absolute atomic E-state index is 8.59. The molecule has 0 heterocycles. The lowest BCUT2D eigenvalue weighted by atomic mass is 10.0. The Morgan fingerprint density at radius 1 is 1.31 bits per heavy atom. The van der Waals surface area contributed by atoms with E-state index in [4.69, 9.17) is 5.26 Å². The van der Waals surface area contributed by atoms with Crippen molar-refractivity contribution in [1.29, 1.82) is 5.26 Å². The van der Waals surface area contributed by atoms with Crippen LogP contribution in [-0.2, 0) is 6.42 Å². The predicted octanol–water partition coefficient (Wildman–Crippen LogP) is 4.12. The molecule has 82 valence electrons. The summed E-state index contributed by atoms with van der Waals surface area (Å²) in [5.41, 5.74) is 3.53. The van der Waals surface area contributed by atoms with Crippen molar-refractivity contribution < 1.29 is 0 Å². The van der Waals surface area contributed by atoms with E-state index >= 15 is 0 Å². The van der Waals surface area contributed by atoms with Gasteiger partial charge in [-0.25, -0.2) is 0 Å². The molecule has 0 atom stereocenters. The molecule has 0 aliphatic rings. The van der Waals surface area contributed by atoms with Crippen molar-refractivity contribution in [2.75, 3.05) is 0 Å². The first-order valence-electron chi connectivity index (χ1n) is 5.61. The van der Waals surface area contributed by atoms with Gasteiger partial charge in [0.2, 0.25) is 0 Å². The SMILES string of the molecule is C/C=C\C(=C/CC)c1ccc(CC#N)cc1. The van der Waals surface area contributed by atoms with Crippen molar-refractivity contribution in [3.05, 3.63) is 53.6 Å². The molecule has 0 saturated carbocycles. The first-order chi connectivity index (χ1) is 7.81. The van der Waals surface area contributed by atoms with Crippen LogP contribution in [0.5, 0.6) is 0 Å². The zero-order chi connectivity index (χ0) is 11.8. The van der Waals surface area contributed by atoms with Crippen molar-refractivity contribution >= 4 is 5.57 Å². The van der Waals surface area contributed by atoms with Crippen LogP contribution in [0, 0.1) is 11.3 Å². The van der Waals surface area contributed by atoms with E-state index in [1.165, 1.54) is 11.1 Å². The van der Waals surface area contributed by atoms with Crippen molar-refractivity contribution in [1.82, 2.24) is 0 Å². The van der Waals surface area contributed by atoms with Crippen LogP contribution in [0.2, 0.25) is 0 Å². The van der Waals surface area contributed by atoms with Gasteiger partial charge in [-0.15, -0.1) is 0 Å². The standard InChI is InChI=1S/C15H17N/c1-3-5-14(6-4-2)15-9-7-13(8-10-15)11-12-16/h3,5-10H,4,11H2,1-2H3/b5-3-,14-6+. The monoisotopic (exact) mass is 211 g/mol. The summed E-state index contributed by atoms with van der Waals surface area (Å²) in [6.07, 6.45) is 7.88. The lowest BCUT2D eigenvalue weighted by Crippen LogP contribution is -1.84. The van der Waals surface area contributed by atoms with Gasteiger partial charge in [-0.1, -0.05) is 49.4 Å². The van der Waals surface area contributed by atoms with Gasteiger partial charge < -0.3 is 0 Å². The molecule has 0 amide bonds. The van der Waals surface area contributed by atoms with E-state index < -0.39 is 0 Å². The largest absolute Gasteiger partial charge is 0.198 e. The minimum absolute atomic E-state index is 0.483.